The van der Waals surface area contributed by atoms with Crippen molar-refractivity contribution in [2.75, 3.05) is 42.8 Å². The first kappa shape index (κ1) is 18.5. The molecule has 8 nitrogen and oxygen atoms in total. The van der Waals surface area contributed by atoms with Gasteiger partial charge in [-0.05, 0) is 48.5 Å². The number of ether oxygens (including phenoxy) is 2. The van der Waals surface area contributed by atoms with Crippen molar-refractivity contribution in [1.29, 1.82) is 0 Å². The number of fused-ring (bicyclic) bond motifs is 1. The summed E-state index contributed by atoms with van der Waals surface area (Å²) in [6.45, 7) is 1.01. The molecular formula is C21H21N5O3. The molecule has 0 unspecified atom stereocenters. The molecule has 1 aliphatic rings. The molecule has 8 heteroatoms. The lowest BCUT2D eigenvalue weighted by Gasteiger charge is -2.18. The first-order valence-electron chi connectivity index (χ1n) is 9.18. The second-order valence-electron chi connectivity index (χ2n) is 6.68. The minimum absolute atomic E-state index is 0.216. The van der Waals surface area contributed by atoms with E-state index in [9.17, 15) is 4.79 Å². The molecule has 0 aliphatic carbocycles. The van der Waals surface area contributed by atoms with Crippen molar-refractivity contribution < 1.29 is 14.3 Å². The van der Waals surface area contributed by atoms with Gasteiger partial charge in [0.1, 0.15) is 13.2 Å². The van der Waals surface area contributed by atoms with Gasteiger partial charge in [-0.2, -0.15) is 0 Å². The Kier molecular flexibility index (Phi) is 5.15. The van der Waals surface area contributed by atoms with Crippen LogP contribution in [0.4, 0.5) is 22.9 Å². The zero-order valence-corrected chi connectivity index (χ0v) is 16.2. The Hall–Kier alpha value is -3.81. The molecule has 0 spiro atoms. The van der Waals surface area contributed by atoms with Crippen LogP contribution in [0, 0.1) is 0 Å². The normalized spacial score (nSPS) is 12.2. The van der Waals surface area contributed by atoms with Crippen LogP contribution in [0.3, 0.4) is 0 Å². The predicted octanol–water partition coefficient (Wildman–Crippen LogP) is 3.31. The SMILES string of the molecule is CN(C)c1ccc(Nc2ccc(C(=O)Nc3ccc4c(c3)OCCO4)nn2)cc1. The molecular weight excluding hydrogens is 370 g/mol. The van der Waals surface area contributed by atoms with Crippen LogP contribution in [-0.4, -0.2) is 43.4 Å². The van der Waals surface area contributed by atoms with Gasteiger partial charge in [-0.15, -0.1) is 10.2 Å². The number of carbonyl (C=O) groups excluding carboxylic acids is 1. The van der Waals surface area contributed by atoms with E-state index >= 15 is 0 Å². The second-order valence-corrected chi connectivity index (χ2v) is 6.68. The Bertz CT molecular complexity index is 1000. The van der Waals surface area contributed by atoms with Gasteiger partial charge < -0.3 is 25.0 Å². The number of nitrogens with zero attached hydrogens (tertiary/aromatic N) is 3. The minimum atomic E-state index is -0.351. The summed E-state index contributed by atoms with van der Waals surface area (Å²) < 4.78 is 11.0. The molecule has 29 heavy (non-hydrogen) atoms. The number of aromatic nitrogens is 2. The van der Waals surface area contributed by atoms with Crippen molar-refractivity contribution in [2.24, 2.45) is 0 Å². The quantitative estimate of drug-likeness (QED) is 0.690. The van der Waals surface area contributed by atoms with Crippen molar-refractivity contribution in [1.82, 2.24) is 10.2 Å². The van der Waals surface area contributed by atoms with Gasteiger partial charge in [-0.25, -0.2) is 0 Å². The van der Waals surface area contributed by atoms with Crippen molar-refractivity contribution >= 4 is 28.8 Å². The first-order valence-corrected chi connectivity index (χ1v) is 9.18. The number of hydrogen-bond donors (Lipinski definition) is 2. The highest BCUT2D eigenvalue weighted by Gasteiger charge is 2.14. The fourth-order valence-electron chi connectivity index (χ4n) is 2.83. The number of nitrogens with one attached hydrogen (secondary N) is 2. The van der Waals surface area contributed by atoms with Crippen LogP contribution >= 0.6 is 0 Å². The third-order valence-electron chi connectivity index (χ3n) is 4.35. The number of carbonyl (C=O) groups is 1. The van der Waals surface area contributed by atoms with Crippen molar-refractivity contribution in [2.45, 2.75) is 0 Å². The Morgan fingerprint density at radius 2 is 1.62 bits per heavy atom. The maximum Gasteiger partial charge on any atom is 0.276 e. The average molecular weight is 391 g/mol. The van der Waals surface area contributed by atoms with Gasteiger partial charge in [0.25, 0.3) is 5.91 Å². The maximum absolute atomic E-state index is 12.4. The average Bonchev–Trinajstić information content (AvgIpc) is 2.74. The summed E-state index contributed by atoms with van der Waals surface area (Å²) in [5.74, 6) is 1.48. The third kappa shape index (κ3) is 4.37. The molecule has 0 radical (unpaired) electrons. The van der Waals surface area contributed by atoms with E-state index in [2.05, 4.69) is 20.8 Å². The summed E-state index contributed by atoms with van der Waals surface area (Å²) in [5.41, 5.74) is 2.81. The monoisotopic (exact) mass is 391 g/mol. The fraction of sp³-hybridized carbons (Fsp3) is 0.190. The fourth-order valence-corrected chi connectivity index (χ4v) is 2.83. The van der Waals surface area contributed by atoms with Gasteiger partial charge in [-0.1, -0.05) is 0 Å². The molecule has 148 valence electrons. The highest BCUT2D eigenvalue weighted by molar-refractivity contribution is 6.03. The highest BCUT2D eigenvalue weighted by atomic mass is 16.6. The molecule has 0 fully saturated rings. The summed E-state index contributed by atoms with van der Waals surface area (Å²) >= 11 is 0. The number of anilines is 4. The molecule has 1 aromatic heterocycles. The van der Waals surface area contributed by atoms with Crippen molar-refractivity contribution in [3.05, 3.63) is 60.3 Å². The van der Waals surface area contributed by atoms with Gasteiger partial charge in [0.05, 0.1) is 0 Å². The third-order valence-corrected chi connectivity index (χ3v) is 4.35. The van der Waals surface area contributed by atoms with Crippen molar-refractivity contribution in [3.8, 4) is 11.5 Å². The molecule has 2 aromatic carbocycles. The lowest BCUT2D eigenvalue weighted by Crippen LogP contribution is -2.17. The van der Waals surface area contributed by atoms with Crippen LogP contribution in [0.1, 0.15) is 10.5 Å². The van der Waals surface area contributed by atoms with Crippen LogP contribution in [0.2, 0.25) is 0 Å². The maximum atomic E-state index is 12.4. The summed E-state index contributed by atoms with van der Waals surface area (Å²) in [6.07, 6.45) is 0. The van der Waals surface area contributed by atoms with Gasteiger partial charge >= 0.3 is 0 Å². The van der Waals surface area contributed by atoms with E-state index in [0.29, 0.717) is 36.2 Å². The van der Waals surface area contributed by atoms with Crippen LogP contribution in [-0.2, 0) is 0 Å². The smallest absolute Gasteiger partial charge is 0.276 e. The van der Waals surface area contributed by atoms with E-state index in [1.807, 2.05) is 43.3 Å². The van der Waals surface area contributed by atoms with Crippen LogP contribution in [0.25, 0.3) is 0 Å². The molecule has 0 saturated carbocycles. The van der Waals surface area contributed by atoms with Crippen LogP contribution in [0.5, 0.6) is 11.5 Å². The molecule has 0 atom stereocenters. The Morgan fingerprint density at radius 3 is 2.31 bits per heavy atom. The van der Waals surface area contributed by atoms with E-state index in [1.54, 1.807) is 30.3 Å². The molecule has 4 rings (SSSR count). The standard InChI is InChI=1S/C21H21N5O3/c1-26(2)16-6-3-14(4-7-16)22-20-10-8-17(24-25-20)21(27)23-15-5-9-18-19(13-15)29-12-11-28-18/h3-10,13H,11-12H2,1-2H3,(H,22,25)(H,23,27). The molecule has 2 heterocycles. The Morgan fingerprint density at radius 1 is 0.897 bits per heavy atom. The number of benzene rings is 2. The summed E-state index contributed by atoms with van der Waals surface area (Å²) in [5, 5.41) is 14.1. The lowest BCUT2D eigenvalue weighted by molar-refractivity contribution is 0.102. The van der Waals surface area contributed by atoms with E-state index in [1.165, 1.54) is 0 Å². The van der Waals surface area contributed by atoms with Gasteiger partial charge in [-0.3, -0.25) is 4.79 Å². The predicted molar refractivity (Wildman–Crippen MR) is 111 cm³/mol. The first-order chi connectivity index (χ1) is 14.1. The van der Waals surface area contributed by atoms with Gasteiger partial charge in [0, 0.05) is 37.2 Å². The largest absolute Gasteiger partial charge is 0.486 e. The van der Waals surface area contributed by atoms with Crippen LogP contribution in [0.15, 0.2) is 54.6 Å². The van der Waals surface area contributed by atoms with E-state index in [0.717, 1.165) is 11.4 Å². The topological polar surface area (TPSA) is 88.6 Å². The zero-order chi connectivity index (χ0) is 20.2. The number of hydrogen-bond acceptors (Lipinski definition) is 7. The van der Waals surface area contributed by atoms with E-state index in [-0.39, 0.29) is 11.6 Å². The summed E-state index contributed by atoms with van der Waals surface area (Å²) in [4.78, 5) is 14.5. The number of rotatable bonds is 5. The van der Waals surface area contributed by atoms with Gasteiger partial charge in [0.15, 0.2) is 23.0 Å². The molecule has 2 N–H and O–H groups in total. The zero-order valence-electron chi connectivity index (χ0n) is 16.2. The van der Waals surface area contributed by atoms with Crippen molar-refractivity contribution in [3.63, 3.8) is 0 Å². The molecule has 0 bridgehead atoms. The van der Waals surface area contributed by atoms with E-state index in [4.69, 9.17) is 9.47 Å². The minimum Gasteiger partial charge on any atom is -0.486 e. The molecule has 1 amide bonds. The Balaban J connectivity index is 1.40. The van der Waals surface area contributed by atoms with Gasteiger partial charge in [0.2, 0.25) is 0 Å². The highest BCUT2D eigenvalue weighted by Crippen LogP contribution is 2.32. The van der Waals surface area contributed by atoms with Crippen LogP contribution < -0.4 is 25.0 Å². The second kappa shape index (κ2) is 8.05. The molecule has 0 saturated heterocycles. The summed E-state index contributed by atoms with van der Waals surface area (Å²) in [7, 11) is 3.98. The lowest BCUT2D eigenvalue weighted by atomic mass is 10.2. The molecule has 3 aromatic rings. The summed E-state index contributed by atoms with van der Waals surface area (Å²) in [6, 6.07) is 16.5. The Labute approximate surface area is 168 Å². The van der Waals surface area contributed by atoms with E-state index < -0.39 is 0 Å². The molecule has 1 aliphatic heterocycles. The number of amides is 1.